The Bertz CT molecular complexity index is 784. The molecule has 5 rings (SSSR count). The zero-order valence-corrected chi connectivity index (χ0v) is 18.5. The lowest BCUT2D eigenvalue weighted by molar-refractivity contribution is -0.323. The van der Waals surface area contributed by atoms with Gasteiger partial charge in [-0.3, -0.25) is 4.79 Å². The van der Waals surface area contributed by atoms with Gasteiger partial charge in [0.05, 0.1) is 29.4 Å². The number of aliphatic hydroxyl groups excluding tert-OH is 2. The Balaban J connectivity index is 1.61. The molecule has 0 radical (unpaired) electrons. The van der Waals surface area contributed by atoms with Crippen LogP contribution in [0.2, 0.25) is 0 Å². The second-order valence-electron chi connectivity index (χ2n) is 11.5. The van der Waals surface area contributed by atoms with Crippen molar-refractivity contribution in [3.63, 3.8) is 0 Å². The molecule has 3 aliphatic carbocycles. The zero-order valence-electron chi connectivity index (χ0n) is 18.5. The molecule has 30 heavy (non-hydrogen) atoms. The van der Waals surface area contributed by atoms with E-state index in [1.807, 2.05) is 0 Å². The molecule has 0 aromatic heterocycles. The fourth-order valence-electron chi connectivity index (χ4n) is 8.35. The summed E-state index contributed by atoms with van der Waals surface area (Å²) in [6, 6.07) is 0. The molecule has 5 aliphatic rings. The van der Waals surface area contributed by atoms with Crippen molar-refractivity contribution in [2.45, 2.75) is 90.3 Å². The molecule has 7 heteroatoms. The van der Waals surface area contributed by atoms with Crippen LogP contribution < -0.4 is 5.32 Å². The SMILES string of the molecule is CC1CCC2C(C)(C)C(=NO)CCC23OC2C(CC13C)C(O)CC1C(=O)NC(O)C12. The summed E-state index contributed by atoms with van der Waals surface area (Å²) >= 11 is 0. The summed E-state index contributed by atoms with van der Waals surface area (Å²) in [4.78, 5) is 12.4. The molecule has 168 valence electrons. The Hall–Kier alpha value is -1.18. The van der Waals surface area contributed by atoms with E-state index in [0.717, 1.165) is 31.4 Å². The Morgan fingerprint density at radius 3 is 2.63 bits per heavy atom. The van der Waals surface area contributed by atoms with Crippen molar-refractivity contribution >= 4 is 11.6 Å². The molecule has 3 saturated carbocycles. The van der Waals surface area contributed by atoms with Gasteiger partial charge in [-0.1, -0.05) is 32.9 Å². The van der Waals surface area contributed by atoms with Gasteiger partial charge in [0.15, 0.2) is 0 Å². The molecule has 4 N–H and O–H groups in total. The molecule has 10 atom stereocenters. The summed E-state index contributed by atoms with van der Waals surface area (Å²) in [6.07, 6.45) is 2.89. The number of nitrogens with zero attached hydrogens (tertiary/aromatic N) is 1. The quantitative estimate of drug-likeness (QED) is 0.355. The molecule has 7 nitrogen and oxygen atoms in total. The van der Waals surface area contributed by atoms with Crippen LogP contribution in [-0.4, -0.2) is 51.1 Å². The van der Waals surface area contributed by atoms with Crippen LogP contribution in [0.3, 0.4) is 0 Å². The van der Waals surface area contributed by atoms with E-state index in [2.05, 4.69) is 38.2 Å². The number of hydrogen-bond acceptors (Lipinski definition) is 6. The number of hydrogen-bond donors (Lipinski definition) is 4. The number of nitrogens with one attached hydrogen (secondary N) is 1. The highest BCUT2D eigenvalue weighted by atomic mass is 16.5. The van der Waals surface area contributed by atoms with Gasteiger partial charge in [-0.15, -0.1) is 0 Å². The number of carbonyl (C=O) groups is 1. The van der Waals surface area contributed by atoms with Crippen LogP contribution in [0.25, 0.3) is 0 Å². The van der Waals surface area contributed by atoms with E-state index in [4.69, 9.17) is 4.74 Å². The number of rotatable bonds is 0. The van der Waals surface area contributed by atoms with Crippen molar-refractivity contribution in [1.29, 1.82) is 0 Å². The first-order valence-electron chi connectivity index (χ1n) is 11.6. The van der Waals surface area contributed by atoms with Gasteiger partial charge in [0.25, 0.3) is 0 Å². The smallest absolute Gasteiger partial charge is 0.225 e. The summed E-state index contributed by atoms with van der Waals surface area (Å²) in [5.74, 6) is -0.350. The average molecular weight is 421 g/mol. The molecular formula is C23H36N2O5. The first-order chi connectivity index (χ1) is 14.1. The van der Waals surface area contributed by atoms with E-state index in [-0.39, 0.29) is 40.6 Å². The second kappa shape index (κ2) is 6.42. The third-order valence-electron chi connectivity index (χ3n) is 10.2. The Kier molecular flexibility index (Phi) is 4.43. The van der Waals surface area contributed by atoms with Gasteiger partial charge < -0.3 is 25.5 Å². The number of oxime groups is 1. The number of aliphatic hydroxyl groups is 2. The van der Waals surface area contributed by atoms with Crippen molar-refractivity contribution in [3.8, 4) is 0 Å². The highest BCUT2D eigenvalue weighted by Crippen LogP contribution is 2.68. The van der Waals surface area contributed by atoms with Gasteiger partial charge in [0.1, 0.15) is 6.23 Å². The van der Waals surface area contributed by atoms with Gasteiger partial charge in [0, 0.05) is 17.3 Å². The van der Waals surface area contributed by atoms with Gasteiger partial charge in [0.2, 0.25) is 5.91 Å². The van der Waals surface area contributed by atoms with Crippen LogP contribution in [0, 0.1) is 40.4 Å². The summed E-state index contributed by atoms with van der Waals surface area (Å²) in [6.45, 7) is 8.95. The number of amides is 1. The normalized spacial score (nSPS) is 55.8. The van der Waals surface area contributed by atoms with Crippen LogP contribution >= 0.6 is 0 Å². The lowest BCUT2D eigenvalue weighted by atomic mass is 9.42. The molecule has 2 saturated heterocycles. The second-order valence-corrected chi connectivity index (χ2v) is 11.5. The first-order valence-corrected chi connectivity index (χ1v) is 11.6. The van der Waals surface area contributed by atoms with Crippen LogP contribution in [0.15, 0.2) is 5.16 Å². The lowest BCUT2D eigenvalue weighted by Crippen LogP contribution is -2.72. The minimum Gasteiger partial charge on any atom is -0.411 e. The Labute approximate surface area is 178 Å². The standard InChI is InChI=1S/C23H36N2O5/c1-11-5-6-15-21(2,3)16(25-29)7-8-23(15)22(11,4)10-13-14(26)9-12-17(18(13)30-23)20(28)24-19(12)27/h11-15,17-18,20,26,28-29H,5-10H2,1-4H3,(H,24,27). The number of fused-ring (bicyclic) bond motifs is 3. The summed E-state index contributed by atoms with van der Waals surface area (Å²) in [5, 5.41) is 37.7. The van der Waals surface area contributed by atoms with E-state index in [0.29, 0.717) is 18.8 Å². The summed E-state index contributed by atoms with van der Waals surface area (Å²) < 4.78 is 7.14. The van der Waals surface area contributed by atoms with Crippen LogP contribution in [0.5, 0.6) is 0 Å². The van der Waals surface area contributed by atoms with Crippen molar-refractivity contribution in [3.05, 3.63) is 0 Å². The molecule has 2 aliphatic heterocycles. The summed E-state index contributed by atoms with van der Waals surface area (Å²) in [5.41, 5.74) is -0.00300. The molecular weight excluding hydrogens is 384 g/mol. The molecule has 2 heterocycles. The van der Waals surface area contributed by atoms with Crippen molar-refractivity contribution in [1.82, 2.24) is 5.32 Å². The maximum absolute atomic E-state index is 12.4. The van der Waals surface area contributed by atoms with E-state index in [1.54, 1.807) is 0 Å². The van der Waals surface area contributed by atoms with Gasteiger partial charge in [-0.2, -0.15) is 0 Å². The minimum atomic E-state index is -0.922. The van der Waals surface area contributed by atoms with Crippen molar-refractivity contribution in [2.24, 2.45) is 45.6 Å². The molecule has 10 unspecified atom stereocenters. The topological polar surface area (TPSA) is 111 Å². The molecule has 1 amide bonds. The largest absolute Gasteiger partial charge is 0.411 e. The van der Waals surface area contributed by atoms with Gasteiger partial charge >= 0.3 is 0 Å². The van der Waals surface area contributed by atoms with Crippen LogP contribution in [0.4, 0.5) is 0 Å². The van der Waals surface area contributed by atoms with Crippen molar-refractivity contribution < 1.29 is 25.0 Å². The third-order valence-corrected chi connectivity index (χ3v) is 10.2. The van der Waals surface area contributed by atoms with Crippen LogP contribution in [-0.2, 0) is 9.53 Å². The molecule has 0 aromatic rings. The minimum absolute atomic E-state index is 0.0820. The fraction of sp³-hybridized carbons (Fsp3) is 0.913. The molecule has 5 fully saturated rings. The maximum Gasteiger partial charge on any atom is 0.225 e. The van der Waals surface area contributed by atoms with E-state index in [1.165, 1.54) is 0 Å². The first kappa shape index (κ1) is 20.7. The fourth-order valence-corrected chi connectivity index (χ4v) is 8.35. The highest BCUT2D eigenvalue weighted by Gasteiger charge is 2.70. The number of carbonyl (C=O) groups excluding carboxylic acids is 1. The van der Waals surface area contributed by atoms with Gasteiger partial charge in [-0.05, 0) is 55.8 Å². The van der Waals surface area contributed by atoms with Crippen LogP contribution in [0.1, 0.15) is 66.2 Å². The molecule has 0 aromatic carbocycles. The van der Waals surface area contributed by atoms with Gasteiger partial charge in [-0.25, -0.2) is 0 Å². The predicted molar refractivity (Wildman–Crippen MR) is 110 cm³/mol. The number of ether oxygens (including phenoxy) is 1. The Morgan fingerprint density at radius 1 is 1.20 bits per heavy atom. The monoisotopic (exact) mass is 420 g/mol. The Morgan fingerprint density at radius 2 is 1.93 bits per heavy atom. The lowest BCUT2D eigenvalue weighted by Gasteiger charge is -2.69. The van der Waals surface area contributed by atoms with E-state index in [9.17, 15) is 20.2 Å². The third kappa shape index (κ3) is 2.37. The van der Waals surface area contributed by atoms with E-state index >= 15 is 0 Å². The maximum atomic E-state index is 12.4. The zero-order chi connectivity index (χ0) is 21.6. The van der Waals surface area contributed by atoms with Crippen molar-refractivity contribution in [2.75, 3.05) is 0 Å². The van der Waals surface area contributed by atoms with E-state index < -0.39 is 23.9 Å². The highest BCUT2D eigenvalue weighted by molar-refractivity contribution is 5.90. The molecule has 1 spiro atoms. The summed E-state index contributed by atoms with van der Waals surface area (Å²) in [7, 11) is 0. The average Bonchev–Trinajstić information content (AvgIpc) is 2.95. The molecule has 0 bridgehead atoms. The predicted octanol–water partition coefficient (Wildman–Crippen LogP) is 2.28.